The van der Waals surface area contributed by atoms with E-state index in [2.05, 4.69) is 22.8 Å². The van der Waals surface area contributed by atoms with E-state index in [0.29, 0.717) is 49.5 Å². The number of aliphatic hydroxyl groups is 1. The molecule has 0 amide bonds. The van der Waals surface area contributed by atoms with Crippen molar-refractivity contribution < 1.29 is 57.5 Å². The Labute approximate surface area is 408 Å². The predicted molar refractivity (Wildman–Crippen MR) is 263 cm³/mol. The second-order valence-electron chi connectivity index (χ2n) is 15.4. The lowest BCUT2D eigenvalue weighted by molar-refractivity contribution is -0.170. The fourth-order valence-corrected chi connectivity index (χ4v) is 5.79. The van der Waals surface area contributed by atoms with E-state index in [-0.39, 0.29) is 18.8 Å². The molecular formula is C52H56N6O12. The lowest BCUT2D eigenvalue weighted by Crippen LogP contribution is -2.46. The molecule has 1 unspecified atom stereocenters. The quantitative estimate of drug-likeness (QED) is 0.0230. The Kier molecular flexibility index (Phi) is 22.8. The lowest BCUT2D eigenvalue weighted by atomic mass is 10.1. The van der Waals surface area contributed by atoms with E-state index in [1.165, 1.54) is 18.2 Å². The number of esters is 5. The van der Waals surface area contributed by atoms with Crippen LogP contribution in [0.25, 0.3) is 27.9 Å². The zero-order valence-corrected chi connectivity index (χ0v) is 39.8. The Hall–Kier alpha value is -8.50. The number of likely N-dealkylation sites (N-methyl/N-ethyl adjacent to an activating group) is 3. The molecule has 0 bridgehead atoms. The maximum Gasteiger partial charge on any atom is 0.349 e. The molecular weight excluding hydrogens is 901 g/mol. The number of nitrogens with zero attached hydrogens (tertiary/aromatic N) is 6. The molecule has 70 heavy (non-hydrogen) atoms. The van der Waals surface area contributed by atoms with E-state index in [4.69, 9.17) is 41.6 Å². The summed E-state index contributed by atoms with van der Waals surface area (Å²) in [7, 11) is 5.45. The summed E-state index contributed by atoms with van der Waals surface area (Å²) in [4.78, 5) is 75.0. The second-order valence-corrected chi connectivity index (χ2v) is 15.4. The van der Waals surface area contributed by atoms with Gasteiger partial charge in [0.1, 0.15) is 44.7 Å². The van der Waals surface area contributed by atoms with Gasteiger partial charge in [0.2, 0.25) is 0 Å². The maximum absolute atomic E-state index is 13.3. The van der Waals surface area contributed by atoms with Gasteiger partial charge in [-0.3, -0.25) is 9.59 Å². The first-order chi connectivity index (χ1) is 33.5. The number of hydrogen-bond acceptors (Lipinski definition) is 16. The first kappa shape index (κ1) is 55.8. The van der Waals surface area contributed by atoms with Gasteiger partial charge in [0.05, 0.1) is 32.8 Å². The highest BCUT2D eigenvalue weighted by Crippen LogP contribution is 2.21. The van der Waals surface area contributed by atoms with Crippen LogP contribution >= 0.6 is 0 Å². The summed E-state index contributed by atoms with van der Waals surface area (Å²) in [6.45, 7) is 25.5. The van der Waals surface area contributed by atoms with Crippen LogP contribution in [0.15, 0.2) is 115 Å². The van der Waals surface area contributed by atoms with Crippen LogP contribution in [0.5, 0.6) is 0 Å². The topological polar surface area (TPSA) is 203 Å². The molecule has 0 aliphatic carbocycles. The minimum absolute atomic E-state index is 0.117. The van der Waals surface area contributed by atoms with Crippen molar-refractivity contribution in [1.29, 1.82) is 5.26 Å². The molecule has 0 heterocycles. The third-order valence-corrected chi connectivity index (χ3v) is 9.96. The van der Waals surface area contributed by atoms with Crippen LogP contribution in [0, 0.1) is 24.5 Å². The summed E-state index contributed by atoms with van der Waals surface area (Å²) in [6.07, 6.45) is 4.85. The summed E-state index contributed by atoms with van der Waals surface area (Å²) in [5, 5.41) is 21.6. The molecule has 1 N–H and O–H groups in total. The summed E-state index contributed by atoms with van der Waals surface area (Å²) in [5.74, 6) is -4.56. The van der Waals surface area contributed by atoms with Gasteiger partial charge in [-0.2, -0.15) is 5.26 Å². The number of ether oxygens (including phenoxy) is 6. The Morgan fingerprint density at radius 1 is 0.643 bits per heavy atom. The number of carbonyl (C=O) groups is 5. The second kappa shape index (κ2) is 28.6. The summed E-state index contributed by atoms with van der Waals surface area (Å²) < 4.78 is 31.6. The van der Waals surface area contributed by atoms with E-state index >= 15 is 0 Å². The zero-order chi connectivity index (χ0) is 51.6. The molecule has 0 saturated carbocycles. The lowest BCUT2D eigenvalue weighted by Gasteiger charge is -2.26. The number of nitriles is 1. The average molecular weight is 957 g/mol. The molecule has 0 radical (unpaired) electrons. The normalized spacial score (nSPS) is 12.1. The Bertz CT molecular complexity index is 2550. The molecule has 3 aromatic rings. The van der Waals surface area contributed by atoms with Crippen molar-refractivity contribution in [3.05, 3.63) is 154 Å². The minimum atomic E-state index is -2.45. The molecule has 0 fully saturated rings. The molecule has 1 atom stereocenters. The number of rotatable bonds is 27. The number of anilines is 3. The monoisotopic (exact) mass is 956 g/mol. The summed E-state index contributed by atoms with van der Waals surface area (Å²) in [6, 6.07) is 22.2. The molecule has 3 aromatic carbocycles. The van der Waals surface area contributed by atoms with Crippen LogP contribution < -0.4 is 14.7 Å². The summed E-state index contributed by atoms with van der Waals surface area (Å²) >= 11 is 0. The van der Waals surface area contributed by atoms with Crippen LogP contribution in [0.2, 0.25) is 0 Å². The molecule has 0 aliphatic rings. The van der Waals surface area contributed by atoms with Crippen molar-refractivity contribution in [1.82, 2.24) is 0 Å². The Morgan fingerprint density at radius 2 is 1.03 bits per heavy atom. The van der Waals surface area contributed by atoms with E-state index in [1.54, 1.807) is 99.9 Å². The third-order valence-electron chi connectivity index (χ3n) is 9.96. The Balaban J connectivity index is 1.80. The van der Waals surface area contributed by atoms with Crippen LogP contribution in [-0.4, -0.2) is 128 Å². The van der Waals surface area contributed by atoms with Gasteiger partial charge < -0.3 is 48.2 Å². The van der Waals surface area contributed by atoms with Gasteiger partial charge in [-0.1, -0.05) is 49.6 Å². The fraction of sp³-hybridized carbons (Fsp3) is 0.308. The van der Waals surface area contributed by atoms with Gasteiger partial charge in [-0.25, -0.2) is 24.1 Å². The Morgan fingerprint density at radius 3 is 1.40 bits per heavy atom. The zero-order valence-electron chi connectivity index (χ0n) is 39.8. The number of hydrogen-bond donors (Lipinski definition) is 1. The van der Waals surface area contributed by atoms with Gasteiger partial charge in [-0.05, 0) is 85.2 Å². The van der Waals surface area contributed by atoms with Crippen molar-refractivity contribution in [2.75, 3.05) is 102 Å². The van der Waals surface area contributed by atoms with E-state index in [9.17, 15) is 34.3 Å². The van der Waals surface area contributed by atoms with E-state index < -0.39 is 72.2 Å². The highest BCUT2D eigenvalue weighted by molar-refractivity contribution is 5.98. The molecule has 0 saturated heterocycles. The van der Waals surface area contributed by atoms with Crippen LogP contribution in [0.1, 0.15) is 30.5 Å². The van der Waals surface area contributed by atoms with Crippen molar-refractivity contribution in [2.24, 2.45) is 0 Å². The SMILES string of the molecule is [C-]#[N+]/C(=C\c1ccc(N(C)CCOC(=O)C=C)cc1)C(=O)OCC(O)(COC(=O)/C(=C/c1ccc(N(C)CCOC(=O)C(=C)C)cc1)[N+]#[C-])COC(=O)/C(C#N)=C/c1ccc(N(C)CCOCC)cc1. The van der Waals surface area contributed by atoms with Crippen LogP contribution in [-0.2, 0) is 52.4 Å². The third kappa shape index (κ3) is 18.6. The molecule has 3 rings (SSSR count). The highest BCUT2D eigenvalue weighted by atomic mass is 16.6. The molecule has 0 aromatic heterocycles. The van der Waals surface area contributed by atoms with Gasteiger partial charge in [0.25, 0.3) is 11.4 Å². The largest absolute Gasteiger partial charge is 0.467 e. The minimum Gasteiger partial charge on any atom is -0.467 e. The highest BCUT2D eigenvalue weighted by Gasteiger charge is 2.35. The molecule has 18 nitrogen and oxygen atoms in total. The first-order valence-corrected chi connectivity index (χ1v) is 21.6. The van der Waals surface area contributed by atoms with Crippen LogP contribution in [0.4, 0.5) is 17.1 Å². The van der Waals surface area contributed by atoms with Gasteiger partial charge in [-0.15, -0.1) is 0 Å². The molecule has 0 spiro atoms. The van der Waals surface area contributed by atoms with Gasteiger partial charge in [0, 0.05) is 63.0 Å². The standard InChI is InChI=1S/C52H56N6O12/c1-10-47(59)66-28-25-57(8)43-20-14-39(15-21-43)31-45(54-5)50(62)69-35-52(64,34-68-49(61)41(33-53)30-38-12-18-42(19-13-38)56(7)24-27-65-11-2)36-70-51(63)46(55-6)32-40-16-22-44(23-17-40)58(9)26-29-67-48(60)37(3)4/h10,12-23,30-32,64H,1,3,11,24-29,34-36H2,2,4,7-9H3/b41-30+,45-31-,46-32-. The molecule has 18 heteroatoms. The van der Waals surface area contributed by atoms with E-state index in [1.807, 2.05) is 28.7 Å². The average Bonchev–Trinajstić information content (AvgIpc) is 3.36. The van der Waals surface area contributed by atoms with Crippen molar-refractivity contribution >= 4 is 65.1 Å². The molecule has 366 valence electrons. The maximum atomic E-state index is 13.3. The van der Waals surface area contributed by atoms with Crippen LogP contribution in [0.3, 0.4) is 0 Å². The first-order valence-electron chi connectivity index (χ1n) is 21.6. The molecule has 0 aliphatic heterocycles. The predicted octanol–water partition coefficient (Wildman–Crippen LogP) is 6.07. The number of benzene rings is 3. The van der Waals surface area contributed by atoms with Gasteiger partial charge in [0.15, 0.2) is 5.60 Å². The smallest absolute Gasteiger partial charge is 0.349 e. The fourth-order valence-electron chi connectivity index (χ4n) is 5.79. The summed E-state index contributed by atoms with van der Waals surface area (Å²) in [5.41, 5.74) is 0.130. The van der Waals surface area contributed by atoms with Crippen molar-refractivity contribution in [2.45, 2.75) is 19.4 Å². The van der Waals surface area contributed by atoms with Crippen molar-refractivity contribution in [3.8, 4) is 6.07 Å². The van der Waals surface area contributed by atoms with E-state index in [0.717, 1.165) is 23.1 Å². The van der Waals surface area contributed by atoms with Crippen molar-refractivity contribution in [3.63, 3.8) is 0 Å². The number of carbonyl (C=O) groups excluding carboxylic acids is 5. The van der Waals surface area contributed by atoms with Gasteiger partial charge >= 0.3 is 29.8 Å².